The van der Waals surface area contributed by atoms with E-state index in [0.29, 0.717) is 13.0 Å². The fourth-order valence-corrected chi connectivity index (χ4v) is 2.50. The summed E-state index contributed by atoms with van der Waals surface area (Å²) in [7, 11) is -3.18. The quantitative estimate of drug-likeness (QED) is 0.487. The molecule has 1 radical (unpaired) electrons. The molecule has 0 atom stereocenters. The molecule has 0 fully saturated rings. The van der Waals surface area contributed by atoms with E-state index >= 15 is 0 Å². The summed E-state index contributed by atoms with van der Waals surface area (Å²) in [5.74, 6) is 0.187. The van der Waals surface area contributed by atoms with Crippen LogP contribution in [0.3, 0.4) is 0 Å². The van der Waals surface area contributed by atoms with E-state index in [1.807, 2.05) is 6.92 Å². The highest BCUT2D eigenvalue weighted by Crippen LogP contribution is 2.11. The summed E-state index contributed by atoms with van der Waals surface area (Å²) < 4.78 is 23.5. The maximum Gasteiger partial charge on any atom is 0.176 e. The third kappa shape index (κ3) is 5.74. The van der Waals surface area contributed by atoms with Crippen molar-refractivity contribution in [1.29, 1.82) is 0 Å². The van der Waals surface area contributed by atoms with Crippen LogP contribution in [0.5, 0.6) is 0 Å². The molecule has 0 heterocycles. The number of nitrogens with one attached hydrogen (secondary N) is 1. The Morgan fingerprint density at radius 3 is 2.47 bits per heavy atom. The summed E-state index contributed by atoms with van der Waals surface area (Å²) in [5, 5.41) is 2.99. The van der Waals surface area contributed by atoms with Crippen molar-refractivity contribution in [1.82, 2.24) is 5.32 Å². The van der Waals surface area contributed by atoms with E-state index in [1.165, 1.54) is 6.08 Å². The summed E-state index contributed by atoms with van der Waals surface area (Å²) in [6.45, 7) is 9.50. The molecule has 0 aromatic carbocycles. The van der Waals surface area contributed by atoms with Crippen molar-refractivity contribution in [3.8, 4) is 0 Å². The van der Waals surface area contributed by atoms with Gasteiger partial charge in [0.05, 0.1) is 5.75 Å². The molecular formula is C11H20NO2S. The summed E-state index contributed by atoms with van der Waals surface area (Å²) in [6, 6.07) is 0. The summed E-state index contributed by atoms with van der Waals surface area (Å²) >= 11 is 0. The maximum atomic E-state index is 11.7. The van der Waals surface area contributed by atoms with Crippen LogP contribution in [0.15, 0.2) is 25.3 Å². The largest absolute Gasteiger partial charge is 0.289 e. The van der Waals surface area contributed by atoms with Crippen molar-refractivity contribution >= 4 is 9.84 Å². The lowest BCUT2D eigenvalue weighted by Crippen LogP contribution is -2.29. The topological polar surface area (TPSA) is 46.2 Å². The predicted octanol–water partition coefficient (Wildman–Crippen LogP) is 2.04. The molecule has 1 N–H and O–H groups in total. The van der Waals surface area contributed by atoms with Crippen LogP contribution < -0.4 is 5.32 Å². The Kier molecular flexibility index (Phi) is 7.34. The number of rotatable bonds is 9. The van der Waals surface area contributed by atoms with Gasteiger partial charge in [-0.15, -0.1) is 13.2 Å². The van der Waals surface area contributed by atoms with Crippen LogP contribution in [-0.2, 0) is 9.84 Å². The molecule has 0 unspecified atom stereocenters. The van der Waals surface area contributed by atoms with Gasteiger partial charge in [-0.2, -0.15) is 0 Å². The van der Waals surface area contributed by atoms with Gasteiger partial charge in [0.15, 0.2) is 15.2 Å². The minimum Gasteiger partial charge on any atom is -0.289 e. The first-order valence-corrected chi connectivity index (χ1v) is 6.80. The van der Waals surface area contributed by atoms with Gasteiger partial charge in [-0.3, -0.25) is 5.32 Å². The molecule has 0 rings (SSSR count). The van der Waals surface area contributed by atoms with Gasteiger partial charge in [-0.25, -0.2) is 8.42 Å². The SMILES string of the molecule is C=CCN[C](C=C)S(=O)(=O)CCCCC. The molecule has 0 saturated heterocycles. The lowest BCUT2D eigenvalue weighted by atomic mass is 10.3. The second-order valence-electron chi connectivity index (χ2n) is 3.26. The first-order chi connectivity index (χ1) is 7.08. The molecule has 0 aliphatic carbocycles. The zero-order chi connectivity index (χ0) is 11.7. The minimum atomic E-state index is -3.18. The fourth-order valence-electron chi connectivity index (χ4n) is 1.13. The van der Waals surface area contributed by atoms with E-state index in [9.17, 15) is 8.42 Å². The number of hydrogen-bond acceptors (Lipinski definition) is 3. The Bertz CT molecular complexity index is 283. The molecule has 0 amide bonds. The summed E-state index contributed by atoms with van der Waals surface area (Å²) in [5.41, 5.74) is 0. The molecule has 4 heteroatoms. The van der Waals surface area contributed by atoms with E-state index < -0.39 is 9.84 Å². The third-order valence-corrected chi connectivity index (χ3v) is 3.76. The van der Waals surface area contributed by atoms with Gasteiger partial charge in [0.1, 0.15) is 0 Å². The van der Waals surface area contributed by atoms with Gasteiger partial charge in [0.25, 0.3) is 0 Å². The van der Waals surface area contributed by atoms with Crippen LogP contribution in [0.25, 0.3) is 0 Å². The standard InChI is InChI=1S/C11H20NO2S/c1-4-7-8-10-15(13,14)11(6-3)12-9-5-2/h5-6,12H,2-4,7-10H2,1H3. The molecule has 0 aromatic rings. The Morgan fingerprint density at radius 1 is 1.33 bits per heavy atom. The van der Waals surface area contributed by atoms with Gasteiger partial charge in [-0.1, -0.05) is 31.9 Å². The Hall–Kier alpha value is -0.610. The smallest absolute Gasteiger partial charge is 0.176 e. The van der Waals surface area contributed by atoms with E-state index in [-0.39, 0.29) is 11.1 Å². The predicted molar refractivity (Wildman–Crippen MR) is 65.0 cm³/mol. The molecule has 0 bridgehead atoms. The van der Waals surface area contributed by atoms with Crippen molar-refractivity contribution in [2.75, 3.05) is 12.3 Å². The van der Waals surface area contributed by atoms with Crippen LogP contribution in [0.1, 0.15) is 26.2 Å². The maximum absolute atomic E-state index is 11.7. The second-order valence-corrected chi connectivity index (χ2v) is 5.34. The van der Waals surface area contributed by atoms with Crippen molar-refractivity contribution in [2.24, 2.45) is 0 Å². The van der Waals surface area contributed by atoms with E-state index in [0.717, 1.165) is 12.8 Å². The number of hydrogen-bond donors (Lipinski definition) is 1. The zero-order valence-corrected chi connectivity index (χ0v) is 10.1. The molecule has 0 aromatic heterocycles. The number of sulfone groups is 1. The first-order valence-electron chi connectivity index (χ1n) is 5.15. The van der Waals surface area contributed by atoms with Crippen LogP contribution >= 0.6 is 0 Å². The van der Waals surface area contributed by atoms with Crippen molar-refractivity contribution in [2.45, 2.75) is 26.2 Å². The van der Waals surface area contributed by atoms with E-state index in [2.05, 4.69) is 18.5 Å². The van der Waals surface area contributed by atoms with E-state index in [4.69, 9.17) is 0 Å². The molecule has 0 aliphatic rings. The molecule has 87 valence electrons. The summed E-state index contributed by atoms with van der Waals surface area (Å²) in [6.07, 6.45) is 5.62. The average Bonchev–Trinajstić information content (AvgIpc) is 2.19. The monoisotopic (exact) mass is 230 g/mol. The normalized spacial score (nSPS) is 11.6. The number of unbranched alkanes of at least 4 members (excludes halogenated alkanes) is 2. The highest BCUT2D eigenvalue weighted by Gasteiger charge is 2.21. The van der Waals surface area contributed by atoms with Crippen LogP contribution in [0.4, 0.5) is 0 Å². The second kappa shape index (κ2) is 7.65. The van der Waals surface area contributed by atoms with Crippen molar-refractivity contribution in [3.05, 3.63) is 30.7 Å². The van der Waals surface area contributed by atoms with Crippen molar-refractivity contribution < 1.29 is 8.42 Å². The highest BCUT2D eigenvalue weighted by atomic mass is 32.2. The molecule has 0 aliphatic heterocycles. The minimum absolute atomic E-state index is 0.187. The lowest BCUT2D eigenvalue weighted by Gasteiger charge is -2.12. The van der Waals surface area contributed by atoms with Gasteiger partial charge in [0, 0.05) is 6.54 Å². The zero-order valence-electron chi connectivity index (χ0n) is 9.33. The van der Waals surface area contributed by atoms with Gasteiger partial charge in [0.2, 0.25) is 0 Å². The third-order valence-electron chi connectivity index (χ3n) is 1.96. The first kappa shape index (κ1) is 14.4. The van der Waals surface area contributed by atoms with Crippen LogP contribution in [0.2, 0.25) is 0 Å². The summed E-state index contributed by atoms with van der Waals surface area (Å²) in [4.78, 5) is 0. The van der Waals surface area contributed by atoms with Crippen molar-refractivity contribution in [3.63, 3.8) is 0 Å². The molecule has 0 spiro atoms. The van der Waals surface area contributed by atoms with Gasteiger partial charge >= 0.3 is 0 Å². The van der Waals surface area contributed by atoms with Gasteiger partial charge < -0.3 is 0 Å². The molecule has 15 heavy (non-hydrogen) atoms. The van der Waals surface area contributed by atoms with Crippen LogP contribution in [0, 0.1) is 5.37 Å². The Morgan fingerprint density at radius 2 is 2.00 bits per heavy atom. The highest BCUT2D eigenvalue weighted by molar-refractivity contribution is 7.94. The molecule has 0 saturated carbocycles. The Labute approximate surface area is 93.2 Å². The average molecular weight is 230 g/mol. The molecular weight excluding hydrogens is 210 g/mol. The Balaban J connectivity index is 4.25. The van der Waals surface area contributed by atoms with E-state index in [1.54, 1.807) is 6.08 Å². The molecule has 3 nitrogen and oxygen atoms in total. The van der Waals surface area contributed by atoms with Gasteiger partial charge in [-0.05, 0) is 6.42 Å². The fraction of sp³-hybridized carbons (Fsp3) is 0.545. The van der Waals surface area contributed by atoms with Crippen LogP contribution in [-0.4, -0.2) is 20.7 Å². The lowest BCUT2D eigenvalue weighted by molar-refractivity contribution is 0.587.